The van der Waals surface area contributed by atoms with Crippen LogP contribution in [0.5, 0.6) is 0 Å². The Labute approximate surface area is 109 Å². The van der Waals surface area contributed by atoms with Crippen molar-refractivity contribution >= 4 is 21.8 Å². The van der Waals surface area contributed by atoms with E-state index in [-0.39, 0.29) is 5.91 Å². The van der Waals surface area contributed by atoms with Crippen LogP contribution in [0.15, 0.2) is 22.9 Å². The molecular formula is C12H16BrN3O. The Morgan fingerprint density at radius 3 is 2.94 bits per heavy atom. The van der Waals surface area contributed by atoms with Gasteiger partial charge in [0.2, 0.25) is 0 Å². The molecular weight excluding hydrogens is 282 g/mol. The van der Waals surface area contributed by atoms with E-state index in [1.165, 1.54) is 0 Å². The number of halogens is 1. The van der Waals surface area contributed by atoms with Crippen LogP contribution >= 0.6 is 15.9 Å². The second-order valence-corrected chi connectivity index (χ2v) is 5.21. The lowest BCUT2D eigenvalue weighted by Gasteiger charge is -2.22. The van der Waals surface area contributed by atoms with Crippen molar-refractivity contribution in [2.24, 2.45) is 5.92 Å². The number of hydrogen-bond donors (Lipinski definition) is 2. The lowest BCUT2D eigenvalue weighted by Crippen LogP contribution is -2.36. The molecule has 1 aromatic rings. The fourth-order valence-corrected chi connectivity index (χ4v) is 2.33. The van der Waals surface area contributed by atoms with Gasteiger partial charge < -0.3 is 10.6 Å². The van der Waals surface area contributed by atoms with E-state index in [4.69, 9.17) is 0 Å². The summed E-state index contributed by atoms with van der Waals surface area (Å²) in [6.45, 7) is 2.87. The summed E-state index contributed by atoms with van der Waals surface area (Å²) in [7, 11) is 0. The zero-order valence-corrected chi connectivity index (χ0v) is 11.2. The molecule has 0 spiro atoms. The number of nitrogens with zero attached hydrogens (tertiary/aromatic N) is 1. The molecule has 0 radical (unpaired) electrons. The number of pyridine rings is 1. The summed E-state index contributed by atoms with van der Waals surface area (Å²) in [6, 6.07) is 1.78. The third-order valence-electron chi connectivity index (χ3n) is 2.98. The van der Waals surface area contributed by atoms with Crippen molar-refractivity contribution in [1.29, 1.82) is 0 Å². The standard InChI is InChI=1S/C12H16BrN3O/c13-11-5-10(7-15-8-11)12(17)16-6-9-1-3-14-4-2-9/h5,7-9,14H,1-4,6H2,(H,16,17). The molecule has 0 bridgehead atoms. The van der Waals surface area contributed by atoms with Crippen molar-refractivity contribution in [1.82, 2.24) is 15.6 Å². The Bertz CT molecular complexity index is 391. The molecule has 17 heavy (non-hydrogen) atoms. The third-order valence-corrected chi connectivity index (χ3v) is 3.41. The predicted molar refractivity (Wildman–Crippen MR) is 69.9 cm³/mol. The second kappa shape index (κ2) is 6.12. The molecule has 2 N–H and O–H groups in total. The van der Waals surface area contributed by atoms with E-state index in [9.17, 15) is 4.79 Å². The number of amides is 1. The lowest BCUT2D eigenvalue weighted by atomic mass is 9.98. The maximum atomic E-state index is 11.9. The Morgan fingerprint density at radius 2 is 2.24 bits per heavy atom. The molecule has 0 aliphatic carbocycles. The molecule has 0 atom stereocenters. The minimum Gasteiger partial charge on any atom is -0.352 e. The first-order valence-electron chi connectivity index (χ1n) is 5.85. The SMILES string of the molecule is O=C(NCC1CCNCC1)c1cncc(Br)c1. The average molecular weight is 298 g/mol. The fourth-order valence-electron chi connectivity index (χ4n) is 1.96. The Balaban J connectivity index is 1.84. The number of carbonyl (C=O) groups excluding carboxylic acids is 1. The molecule has 5 heteroatoms. The first kappa shape index (κ1) is 12.5. The van der Waals surface area contributed by atoms with Crippen molar-refractivity contribution in [3.05, 3.63) is 28.5 Å². The highest BCUT2D eigenvalue weighted by molar-refractivity contribution is 9.10. The lowest BCUT2D eigenvalue weighted by molar-refractivity contribution is 0.0944. The highest BCUT2D eigenvalue weighted by Crippen LogP contribution is 2.12. The van der Waals surface area contributed by atoms with Crippen LogP contribution < -0.4 is 10.6 Å². The maximum Gasteiger partial charge on any atom is 0.252 e. The van der Waals surface area contributed by atoms with Gasteiger partial charge in [-0.15, -0.1) is 0 Å². The molecule has 2 rings (SSSR count). The molecule has 1 fully saturated rings. The van der Waals surface area contributed by atoms with Gasteiger partial charge in [-0.1, -0.05) is 0 Å². The zero-order valence-electron chi connectivity index (χ0n) is 9.58. The van der Waals surface area contributed by atoms with Crippen molar-refractivity contribution in [2.45, 2.75) is 12.8 Å². The minimum absolute atomic E-state index is 0.0441. The van der Waals surface area contributed by atoms with E-state index in [1.807, 2.05) is 0 Å². The van der Waals surface area contributed by atoms with Crippen LogP contribution in [0.1, 0.15) is 23.2 Å². The van der Waals surface area contributed by atoms with Crippen LogP contribution in [-0.4, -0.2) is 30.5 Å². The summed E-state index contributed by atoms with van der Waals surface area (Å²) in [5.74, 6) is 0.553. The topological polar surface area (TPSA) is 54.0 Å². The second-order valence-electron chi connectivity index (χ2n) is 4.30. The summed E-state index contributed by atoms with van der Waals surface area (Å²) >= 11 is 3.31. The van der Waals surface area contributed by atoms with Gasteiger partial charge in [-0.05, 0) is 53.8 Å². The van der Waals surface area contributed by atoms with Gasteiger partial charge in [0.25, 0.3) is 5.91 Å². The largest absolute Gasteiger partial charge is 0.352 e. The van der Waals surface area contributed by atoms with Gasteiger partial charge in [-0.2, -0.15) is 0 Å². The molecule has 0 unspecified atom stereocenters. The molecule has 1 aliphatic rings. The number of piperidine rings is 1. The molecule has 0 aromatic carbocycles. The van der Waals surface area contributed by atoms with Gasteiger partial charge in [-0.3, -0.25) is 9.78 Å². The van der Waals surface area contributed by atoms with E-state index < -0.39 is 0 Å². The van der Waals surface area contributed by atoms with Crippen LogP contribution in [0.4, 0.5) is 0 Å². The molecule has 1 aliphatic heterocycles. The van der Waals surface area contributed by atoms with Crippen molar-refractivity contribution in [2.75, 3.05) is 19.6 Å². The van der Waals surface area contributed by atoms with Gasteiger partial charge in [0, 0.05) is 23.4 Å². The number of rotatable bonds is 3. The van der Waals surface area contributed by atoms with E-state index in [1.54, 1.807) is 18.5 Å². The van der Waals surface area contributed by atoms with Gasteiger partial charge in [0.1, 0.15) is 0 Å². The fraction of sp³-hybridized carbons (Fsp3) is 0.500. The summed E-state index contributed by atoms with van der Waals surface area (Å²) in [5.41, 5.74) is 0.605. The van der Waals surface area contributed by atoms with E-state index in [0.717, 1.165) is 36.9 Å². The van der Waals surface area contributed by atoms with Crippen LogP contribution in [0, 0.1) is 5.92 Å². The molecule has 1 amide bonds. The first-order chi connectivity index (χ1) is 8.25. The summed E-state index contributed by atoms with van der Waals surface area (Å²) in [6.07, 6.45) is 5.53. The number of hydrogen-bond acceptors (Lipinski definition) is 3. The summed E-state index contributed by atoms with van der Waals surface area (Å²) in [5, 5.41) is 6.28. The highest BCUT2D eigenvalue weighted by Gasteiger charge is 2.14. The van der Waals surface area contributed by atoms with Gasteiger partial charge in [0.15, 0.2) is 0 Å². The molecule has 0 saturated carbocycles. The Kier molecular flexibility index (Phi) is 4.50. The maximum absolute atomic E-state index is 11.9. The van der Waals surface area contributed by atoms with E-state index >= 15 is 0 Å². The van der Waals surface area contributed by atoms with E-state index in [0.29, 0.717) is 11.5 Å². The van der Waals surface area contributed by atoms with Crippen LogP contribution in [0.25, 0.3) is 0 Å². The molecule has 1 aromatic heterocycles. The monoisotopic (exact) mass is 297 g/mol. The third kappa shape index (κ3) is 3.78. The first-order valence-corrected chi connectivity index (χ1v) is 6.64. The van der Waals surface area contributed by atoms with Crippen LogP contribution in [0.2, 0.25) is 0 Å². The smallest absolute Gasteiger partial charge is 0.252 e. The quantitative estimate of drug-likeness (QED) is 0.890. The van der Waals surface area contributed by atoms with Gasteiger partial charge in [0.05, 0.1) is 5.56 Å². The molecule has 92 valence electrons. The Hall–Kier alpha value is -0.940. The van der Waals surface area contributed by atoms with Gasteiger partial charge in [-0.25, -0.2) is 0 Å². The van der Waals surface area contributed by atoms with Crippen LogP contribution in [-0.2, 0) is 0 Å². The average Bonchev–Trinajstić information content (AvgIpc) is 2.37. The van der Waals surface area contributed by atoms with Crippen molar-refractivity contribution in [3.8, 4) is 0 Å². The normalized spacial score (nSPS) is 16.8. The number of carbonyl (C=O) groups is 1. The van der Waals surface area contributed by atoms with Gasteiger partial charge >= 0.3 is 0 Å². The van der Waals surface area contributed by atoms with Crippen molar-refractivity contribution in [3.63, 3.8) is 0 Å². The van der Waals surface area contributed by atoms with Crippen LogP contribution in [0.3, 0.4) is 0 Å². The van der Waals surface area contributed by atoms with Crippen molar-refractivity contribution < 1.29 is 4.79 Å². The number of aromatic nitrogens is 1. The minimum atomic E-state index is -0.0441. The summed E-state index contributed by atoms with van der Waals surface area (Å²) < 4.78 is 0.826. The predicted octanol–water partition coefficient (Wildman–Crippen LogP) is 1.57. The number of nitrogens with one attached hydrogen (secondary N) is 2. The molecule has 2 heterocycles. The zero-order chi connectivity index (χ0) is 12.1. The summed E-state index contributed by atoms with van der Waals surface area (Å²) in [4.78, 5) is 15.8. The highest BCUT2D eigenvalue weighted by atomic mass is 79.9. The van der Waals surface area contributed by atoms with E-state index in [2.05, 4.69) is 31.5 Å². The Morgan fingerprint density at radius 1 is 1.47 bits per heavy atom. The molecule has 4 nitrogen and oxygen atoms in total. The molecule has 1 saturated heterocycles.